The van der Waals surface area contributed by atoms with Gasteiger partial charge in [-0.2, -0.15) is 0 Å². The number of aromatic nitrogens is 1. The maximum Gasteiger partial charge on any atom is 0.114 e. The van der Waals surface area contributed by atoms with Crippen molar-refractivity contribution in [1.82, 2.24) is 4.57 Å². The molecule has 3 nitrogen and oxygen atoms in total. The second-order valence-electron chi connectivity index (χ2n) is 2.85. The zero-order valence-corrected chi connectivity index (χ0v) is 8.53. The standard InChI is InChI=1S/C11H14N2O/c1-5-13-8-7-11(10(13)4)9(3)12-14-6-2/h5-8H,1-2H2,3-4H3. The summed E-state index contributed by atoms with van der Waals surface area (Å²) in [7, 11) is 0. The van der Waals surface area contributed by atoms with Gasteiger partial charge in [0, 0.05) is 23.7 Å². The molecule has 0 saturated heterocycles. The van der Waals surface area contributed by atoms with Crippen LogP contribution in [0, 0.1) is 6.92 Å². The summed E-state index contributed by atoms with van der Waals surface area (Å²) in [5.74, 6) is 0. The molecule has 1 heterocycles. The molecule has 0 N–H and O–H groups in total. The van der Waals surface area contributed by atoms with Crippen molar-refractivity contribution in [3.05, 3.63) is 42.9 Å². The van der Waals surface area contributed by atoms with Gasteiger partial charge in [0.15, 0.2) is 0 Å². The lowest BCUT2D eigenvalue weighted by Crippen LogP contribution is -1.97. The molecule has 1 aromatic rings. The molecule has 0 saturated carbocycles. The lowest BCUT2D eigenvalue weighted by molar-refractivity contribution is 0.269. The summed E-state index contributed by atoms with van der Waals surface area (Å²) in [6.45, 7) is 11.0. The van der Waals surface area contributed by atoms with E-state index in [0.29, 0.717) is 0 Å². The molecule has 1 aromatic heterocycles. The maximum atomic E-state index is 4.76. The number of nitrogens with zero attached hydrogens (tertiary/aromatic N) is 2. The fraction of sp³-hybridized carbons (Fsp3) is 0.182. The van der Waals surface area contributed by atoms with Crippen LogP contribution in [-0.2, 0) is 4.84 Å². The predicted octanol–water partition coefficient (Wildman–Crippen LogP) is 2.78. The molecule has 0 fully saturated rings. The Balaban J connectivity index is 3.01. The van der Waals surface area contributed by atoms with E-state index in [4.69, 9.17) is 4.84 Å². The minimum absolute atomic E-state index is 0.822. The minimum atomic E-state index is 0.822. The van der Waals surface area contributed by atoms with E-state index in [1.165, 1.54) is 6.26 Å². The highest BCUT2D eigenvalue weighted by Gasteiger charge is 2.05. The topological polar surface area (TPSA) is 26.5 Å². The summed E-state index contributed by atoms with van der Waals surface area (Å²) in [6, 6.07) is 1.97. The van der Waals surface area contributed by atoms with Gasteiger partial charge in [-0.25, -0.2) is 0 Å². The molecule has 0 aliphatic carbocycles. The second-order valence-corrected chi connectivity index (χ2v) is 2.85. The van der Waals surface area contributed by atoms with Crippen LogP contribution in [0.4, 0.5) is 0 Å². The number of hydrogen-bond acceptors (Lipinski definition) is 2. The van der Waals surface area contributed by atoms with Gasteiger partial charge >= 0.3 is 0 Å². The molecule has 0 aliphatic heterocycles. The lowest BCUT2D eigenvalue weighted by Gasteiger charge is -2.00. The molecule has 0 radical (unpaired) electrons. The van der Waals surface area contributed by atoms with Crippen molar-refractivity contribution in [2.24, 2.45) is 5.16 Å². The smallest absolute Gasteiger partial charge is 0.114 e. The van der Waals surface area contributed by atoms with Gasteiger partial charge in [-0.1, -0.05) is 18.3 Å². The largest absolute Gasteiger partial charge is 0.365 e. The molecule has 0 aromatic carbocycles. The summed E-state index contributed by atoms with van der Waals surface area (Å²) in [4.78, 5) is 4.76. The number of rotatable bonds is 4. The fourth-order valence-corrected chi connectivity index (χ4v) is 1.27. The van der Waals surface area contributed by atoms with Crippen LogP contribution in [0.15, 0.2) is 36.8 Å². The molecule has 0 atom stereocenters. The highest BCUT2D eigenvalue weighted by Crippen LogP contribution is 2.11. The number of hydrogen-bond donors (Lipinski definition) is 0. The Morgan fingerprint density at radius 2 is 2.29 bits per heavy atom. The highest BCUT2D eigenvalue weighted by atomic mass is 16.6. The van der Waals surface area contributed by atoms with Crippen LogP contribution >= 0.6 is 0 Å². The summed E-state index contributed by atoms with van der Waals surface area (Å²) in [6.07, 6.45) is 4.98. The van der Waals surface area contributed by atoms with Gasteiger partial charge in [0.25, 0.3) is 0 Å². The van der Waals surface area contributed by atoms with Crippen molar-refractivity contribution in [3.8, 4) is 0 Å². The number of oxime groups is 1. The maximum absolute atomic E-state index is 4.76. The van der Waals surface area contributed by atoms with Crippen LogP contribution in [0.2, 0.25) is 0 Å². The Bertz CT molecular complexity index is 375. The quantitative estimate of drug-likeness (QED) is 0.407. The highest BCUT2D eigenvalue weighted by molar-refractivity contribution is 5.99. The molecule has 0 unspecified atom stereocenters. The summed E-state index contributed by atoms with van der Waals surface area (Å²) < 4.78 is 1.93. The van der Waals surface area contributed by atoms with Crippen LogP contribution in [0.1, 0.15) is 18.2 Å². The van der Waals surface area contributed by atoms with Crippen molar-refractivity contribution >= 4 is 11.9 Å². The van der Waals surface area contributed by atoms with Crippen molar-refractivity contribution < 1.29 is 4.84 Å². The average Bonchev–Trinajstić information content (AvgIpc) is 2.56. The Morgan fingerprint density at radius 3 is 2.79 bits per heavy atom. The Morgan fingerprint density at radius 1 is 1.57 bits per heavy atom. The van der Waals surface area contributed by atoms with E-state index in [2.05, 4.69) is 18.3 Å². The summed E-state index contributed by atoms with van der Waals surface area (Å²) in [5.41, 5.74) is 2.96. The summed E-state index contributed by atoms with van der Waals surface area (Å²) >= 11 is 0. The van der Waals surface area contributed by atoms with E-state index in [1.807, 2.05) is 30.7 Å². The van der Waals surface area contributed by atoms with Crippen molar-refractivity contribution in [2.75, 3.05) is 0 Å². The Kier molecular flexibility index (Phi) is 3.29. The van der Waals surface area contributed by atoms with E-state index in [9.17, 15) is 0 Å². The van der Waals surface area contributed by atoms with Crippen molar-refractivity contribution in [1.29, 1.82) is 0 Å². The molecule has 0 aliphatic rings. The third kappa shape index (κ3) is 1.93. The average molecular weight is 190 g/mol. The van der Waals surface area contributed by atoms with E-state index in [0.717, 1.165) is 17.0 Å². The third-order valence-electron chi connectivity index (χ3n) is 2.03. The van der Waals surface area contributed by atoms with Gasteiger partial charge in [0.2, 0.25) is 0 Å². The first-order valence-electron chi connectivity index (χ1n) is 4.32. The van der Waals surface area contributed by atoms with Crippen molar-refractivity contribution in [2.45, 2.75) is 13.8 Å². The first-order chi connectivity index (χ1) is 6.70. The van der Waals surface area contributed by atoms with Crippen LogP contribution in [-0.4, -0.2) is 10.3 Å². The first-order valence-corrected chi connectivity index (χ1v) is 4.32. The zero-order chi connectivity index (χ0) is 10.6. The van der Waals surface area contributed by atoms with Crippen LogP contribution in [0.3, 0.4) is 0 Å². The van der Waals surface area contributed by atoms with Gasteiger partial charge in [0.05, 0.1) is 5.71 Å². The van der Waals surface area contributed by atoms with E-state index >= 15 is 0 Å². The normalized spacial score (nSPS) is 11.1. The first kappa shape index (κ1) is 10.3. The van der Waals surface area contributed by atoms with Gasteiger partial charge in [-0.15, -0.1) is 0 Å². The molecule has 0 amide bonds. The van der Waals surface area contributed by atoms with Crippen LogP contribution < -0.4 is 0 Å². The molecule has 14 heavy (non-hydrogen) atoms. The fourth-order valence-electron chi connectivity index (χ4n) is 1.27. The molecule has 0 bridgehead atoms. The zero-order valence-electron chi connectivity index (χ0n) is 8.53. The molecule has 1 rings (SSSR count). The van der Waals surface area contributed by atoms with E-state index in [1.54, 1.807) is 6.20 Å². The van der Waals surface area contributed by atoms with Crippen LogP contribution in [0.5, 0.6) is 0 Å². The van der Waals surface area contributed by atoms with Crippen LogP contribution in [0.25, 0.3) is 6.20 Å². The molecular formula is C11H14N2O. The lowest BCUT2D eigenvalue weighted by atomic mass is 10.2. The third-order valence-corrected chi connectivity index (χ3v) is 2.03. The molecular weight excluding hydrogens is 176 g/mol. The van der Waals surface area contributed by atoms with Gasteiger partial charge in [0.1, 0.15) is 6.26 Å². The van der Waals surface area contributed by atoms with Crippen molar-refractivity contribution in [3.63, 3.8) is 0 Å². The molecule has 0 spiro atoms. The molecule has 74 valence electrons. The second kappa shape index (κ2) is 4.46. The minimum Gasteiger partial charge on any atom is -0.365 e. The van der Waals surface area contributed by atoms with E-state index < -0.39 is 0 Å². The Labute approximate surface area is 84.0 Å². The van der Waals surface area contributed by atoms with Gasteiger partial charge in [-0.05, 0) is 19.9 Å². The predicted molar refractivity (Wildman–Crippen MR) is 59.0 cm³/mol. The van der Waals surface area contributed by atoms with Gasteiger partial charge in [-0.3, -0.25) is 0 Å². The van der Waals surface area contributed by atoms with Gasteiger partial charge < -0.3 is 9.40 Å². The Hall–Kier alpha value is -1.77. The monoisotopic (exact) mass is 190 g/mol. The summed E-state index contributed by atoms with van der Waals surface area (Å²) in [5, 5.41) is 3.87. The SMILES string of the molecule is C=CON=C(C)c1ccn(C=C)c1C. The van der Waals surface area contributed by atoms with E-state index in [-0.39, 0.29) is 0 Å². The molecule has 3 heteroatoms.